The topological polar surface area (TPSA) is 74.4 Å². The van der Waals surface area contributed by atoms with Gasteiger partial charge in [-0.05, 0) is 41.1 Å². The molecule has 4 rings (SSSR count). The van der Waals surface area contributed by atoms with E-state index in [-0.39, 0.29) is 11.8 Å². The zero-order chi connectivity index (χ0) is 20.5. The molecule has 6 nitrogen and oxygen atoms in total. The number of methoxy groups -OCH3 is 1. The van der Waals surface area contributed by atoms with Crippen LogP contribution in [0.5, 0.6) is 5.75 Å². The Morgan fingerprint density at radius 1 is 0.966 bits per heavy atom. The van der Waals surface area contributed by atoms with Crippen LogP contribution in [-0.4, -0.2) is 42.9 Å². The van der Waals surface area contributed by atoms with E-state index in [0.29, 0.717) is 22.7 Å². The van der Waals surface area contributed by atoms with E-state index in [2.05, 4.69) is 10.3 Å². The van der Waals surface area contributed by atoms with Crippen molar-refractivity contribution in [3.8, 4) is 5.75 Å². The number of nitrogens with one attached hydrogen (secondary N) is 2. The highest BCUT2D eigenvalue weighted by Gasteiger charge is 2.16. The quantitative estimate of drug-likeness (QED) is 0.549. The number of anilines is 1. The summed E-state index contributed by atoms with van der Waals surface area (Å²) >= 11 is 0. The van der Waals surface area contributed by atoms with Gasteiger partial charge in [0.2, 0.25) is 0 Å². The third kappa shape index (κ3) is 3.40. The third-order valence-electron chi connectivity index (χ3n) is 4.87. The van der Waals surface area contributed by atoms with Gasteiger partial charge in [0, 0.05) is 30.6 Å². The summed E-state index contributed by atoms with van der Waals surface area (Å²) in [6.07, 6.45) is 0. The van der Waals surface area contributed by atoms with Crippen molar-refractivity contribution in [3.63, 3.8) is 0 Å². The number of rotatable bonds is 4. The summed E-state index contributed by atoms with van der Waals surface area (Å²) < 4.78 is 5.34. The van der Waals surface area contributed by atoms with Gasteiger partial charge in [-0.15, -0.1) is 0 Å². The van der Waals surface area contributed by atoms with Crippen LogP contribution in [0.15, 0.2) is 60.7 Å². The van der Waals surface area contributed by atoms with Crippen molar-refractivity contribution in [2.75, 3.05) is 26.5 Å². The fraction of sp³-hybridized carbons (Fsp3) is 0.130. The summed E-state index contributed by atoms with van der Waals surface area (Å²) in [4.78, 5) is 29.8. The second-order valence-electron chi connectivity index (χ2n) is 7.00. The second kappa shape index (κ2) is 7.31. The van der Waals surface area contributed by atoms with Crippen molar-refractivity contribution in [1.82, 2.24) is 9.88 Å². The molecule has 4 aromatic rings. The first kappa shape index (κ1) is 18.6. The van der Waals surface area contributed by atoms with E-state index in [1.54, 1.807) is 32.3 Å². The highest BCUT2D eigenvalue weighted by Crippen LogP contribution is 2.29. The SMILES string of the molecule is COc1ccc(C(=O)N(C)C)cc1NC(=O)c1cc2c(ccc3ccccc32)[nH]1. The molecule has 29 heavy (non-hydrogen) atoms. The number of hydrogen-bond donors (Lipinski definition) is 2. The van der Waals surface area contributed by atoms with E-state index >= 15 is 0 Å². The lowest BCUT2D eigenvalue weighted by molar-refractivity contribution is 0.0827. The lowest BCUT2D eigenvalue weighted by Gasteiger charge is -2.14. The molecule has 1 heterocycles. The predicted molar refractivity (Wildman–Crippen MR) is 115 cm³/mol. The molecule has 0 atom stereocenters. The molecular weight excluding hydrogens is 366 g/mol. The van der Waals surface area contributed by atoms with Crippen LogP contribution in [0.1, 0.15) is 20.8 Å². The molecule has 0 spiro atoms. The van der Waals surface area contributed by atoms with Crippen LogP contribution in [0, 0.1) is 0 Å². The summed E-state index contributed by atoms with van der Waals surface area (Å²) in [7, 11) is 4.88. The molecule has 1 aromatic heterocycles. The Hall–Kier alpha value is -3.80. The van der Waals surface area contributed by atoms with Gasteiger partial charge >= 0.3 is 0 Å². The van der Waals surface area contributed by atoms with Gasteiger partial charge in [-0.1, -0.05) is 30.3 Å². The van der Waals surface area contributed by atoms with E-state index in [0.717, 1.165) is 21.7 Å². The summed E-state index contributed by atoms with van der Waals surface area (Å²) in [5.74, 6) is 0.0217. The number of nitrogens with zero attached hydrogens (tertiary/aromatic N) is 1. The van der Waals surface area contributed by atoms with E-state index in [4.69, 9.17) is 4.74 Å². The number of benzene rings is 3. The monoisotopic (exact) mass is 387 g/mol. The maximum absolute atomic E-state index is 12.9. The van der Waals surface area contributed by atoms with Gasteiger partial charge in [-0.3, -0.25) is 9.59 Å². The van der Waals surface area contributed by atoms with Crippen molar-refractivity contribution < 1.29 is 14.3 Å². The number of hydrogen-bond acceptors (Lipinski definition) is 3. The van der Waals surface area contributed by atoms with Gasteiger partial charge in [-0.2, -0.15) is 0 Å². The van der Waals surface area contributed by atoms with Gasteiger partial charge in [0.1, 0.15) is 11.4 Å². The molecule has 2 N–H and O–H groups in total. The predicted octanol–water partition coefficient (Wildman–Crippen LogP) is 4.28. The molecule has 2 amide bonds. The molecule has 0 fully saturated rings. The normalized spacial score (nSPS) is 10.9. The molecule has 0 aliphatic carbocycles. The van der Waals surface area contributed by atoms with E-state index in [1.807, 2.05) is 42.5 Å². The Morgan fingerprint density at radius 2 is 1.76 bits per heavy atom. The molecular formula is C23H21N3O3. The number of carbonyl (C=O) groups excluding carboxylic acids is 2. The van der Waals surface area contributed by atoms with Crippen molar-refractivity contribution in [3.05, 3.63) is 71.9 Å². The van der Waals surface area contributed by atoms with E-state index in [9.17, 15) is 9.59 Å². The number of H-pyrrole nitrogens is 1. The molecule has 146 valence electrons. The van der Waals surface area contributed by atoms with Gasteiger partial charge in [0.15, 0.2) is 0 Å². The summed E-state index contributed by atoms with van der Waals surface area (Å²) in [6.45, 7) is 0. The van der Waals surface area contributed by atoms with Crippen molar-refractivity contribution >= 4 is 39.2 Å². The van der Waals surface area contributed by atoms with Crippen LogP contribution in [-0.2, 0) is 0 Å². The maximum Gasteiger partial charge on any atom is 0.272 e. The maximum atomic E-state index is 12.9. The van der Waals surface area contributed by atoms with Crippen LogP contribution in [0.4, 0.5) is 5.69 Å². The largest absolute Gasteiger partial charge is 0.495 e. The Balaban J connectivity index is 1.70. The Kier molecular flexibility index (Phi) is 4.68. The number of fused-ring (bicyclic) bond motifs is 3. The summed E-state index contributed by atoms with van der Waals surface area (Å²) in [5, 5.41) is 6.03. The van der Waals surface area contributed by atoms with Crippen LogP contribution < -0.4 is 10.1 Å². The van der Waals surface area contributed by atoms with Crippen LogP contribution in [0.2, 0.25) is 0 Å². The van der Waals surface area contributed by atoms with E-state index < -0.39 is 0 Å². The minimum absolute atomic E-state index is 0.153. The Bertz CT molecular complexity index is 1240. The molecule has 6 heteroatoms. The minimum atomic E-state index is -0.307. The number of aromatic nitrogens is 1. The minimum Gasteiger partial charge on any atom is -0.495 e. The first-order chi connectivity index (χ1) is 14.0. The third-order valence-corrected chi connectivity index (χ3v) is 4.87. The number of amides is 2. The van der Waals surface area contributed by atoms with Gasteiger partial charge in [0.25, 0.3) is 11.8 Å². The lowest BCUT2D eigenvalue weighted by atomic mass is 10.1. The van der Waals surface area contributed by atoms with Gasteiger partial charge in [0.05, 0.1) is 12.8 Å². The molecule has 0 unspecified atom stereocenters. The number of aromatic amines is 1. The highest BCUT2D eigenvalue weighted by atomic mass is 16.5. The second-order valence-corrected chi connectivity index (χ2v) is 7.00. The van der Waals surface area contributed by atoms with Crippen LogP contribution in [0.25, 0.3) is 21.7 Å². The lowest BCUT2D eigenvalue weighted by Crippen LogP contribution is -2.22. The van der Waals surface area contributed by atoms with Crippen molar-refractivity contribution in [2.24, 2.45) is 0 Å². The average Bonchev–Trinajstić information content (AvgIpc) is 3.18. The van der Waals surface area contributed by atoms with Gasteiger partial charge < -0.3 is 19.9 Å². The Labute approximate surface area is 168 Å². The standard InChI is InChI=1S/C23H21N3O3/c1-26(2)23(28)15-9-11-21(29-3)19(12-15)25-22(27)20-13-17-16-7-5-4-6-14(16)8-10-18(17)24-20/h4-13,24H,1-3H3,(H,25,27). The number of ether oxygens (including phenoxy) is 1. The summed E-state index contributed by atoms with van der Waals surface area (Å²) in [5.41, 5.74) is 2.22. The molecule has 0 saturated heterocycles. The molecule has 3 aromatic carbocycles. The Morgan fingerprint density at radius 3 is 2.52 bits per heavy atom. The molecule has 0 radical (unpaired) electrons. The highest BCUT2D eigenvalue weighted by molar-refractivity contribution is 6.12. The fourth-order valence-electron chi connectivity index (χ4n) is 3.39. The van der Waals surface area contributed by atoms with Crippen LogP contribution in [0.3, 0.4) is 0 Å². The molecule has 0 aliphatic heterocycles. The first-order valence-corrected chi connectivity index (χ1v) is 9.19. The van der Waals surface area contributed by atoms with Crippen LogP contribution >= 0.6 is 0 Å². The average molecular weight is 387 g/mol. The summed E-state index contributed by atoms with van der Waals surface area (Å²) in [6, 6.07) is 18.8. The number of carbonyl (C=O) groups is 2. The molecule has 0 saturated carbocycles. The van der Waals surface area contributed by atoms with Crippen molar-refractivity contribution in [1.29, 1.82) is 0 Å². The zero-order valence-corrected chi connectivity index (χ0v) is 16.4. The smallest absolute Gasteiger partial charge is 0.272 e. The van der Waals surface area contributed by atoms with Gasteiger partial charge in [-0.25, -0.2) is 0 Å². The van der Waals surface area contributed by atoms with Crippen molar-refractivity contribution in [2.45, 2.75) is 0 Å². The first-order valence-electron chi connectivity index (χ1n) is 9.19. The molecule has 0 bridgehead atoms. The fourth-order valence-corrected chi connectivity index (χ4v) is 3.39. The zero-order valence-electron chi connectivity index (χ0n) is 16.4. The van der Waals surface area contributed by atoms with E-state index in [1.165, 1.54) is 12.0 Å². The molecule has 0 aliphatic rings.